The highest BCUT2D eigenvalue weighted by molar-refractivity contribution is 7.09. The van der Waals surface area contributed by atoms with Crippen LogP contribution >= 0.6 is 11.3 Å². The van der Waals surface area contributed by atoms with Crippen molar-refractivity contribution in [3.05, 3.63) is 51.7 Å². The Kier molecular flexibility index (Phi) is 5.49. The summed E-state index contributed by atoms with van der Waals surface area (Å²) in [5.74, 6) is -0.879. The van der Waals surface area contributed by atoms with Gasteiger partial charge in [-0.15, -0.1) is 11.3 Å². The molecule has 3 rings (SSSR count). The van der Waals surface area contributed by atoms with Crippen LogP contribution in [0.25, 0.3) is 0 Å². The number of carboxylic acid groups (broad SMARTS) is 1. The topological polar surface area (TPSA) is 53.4 Å². The van der Waals surface area contributed by atoms with Gasteiger partial charge in [0.2, 0.25) is 0 Å². The van der Waals surface area contributed by atoms with E-state index in [1.54, 1.807) is 29.5 Å². The molecule has 1 aromatic carbocycles. The predicted molar refractivity (Wildman–Crippen MR) is 96.5 cm³/mol. The average Bonchev–Trinajstić information content (AvgIpc) is 3.07. The van der Waals surface area contributed by atoms with Crippen LogP contribution in [-0.2, 0) is 4.79 Å². The van der Waals surface area contributed by atoms with Crippen molar-refractivity contribution < 1.29 is 14.3 Å². The highest BCUT2D eigenvalue weighted by Crippen LogP contribution is 2.35. The number of carboxylic acids is 1. The minimum absolute atomic E-state index is 0.208. The zero-order chi connectivity index (χ0) is 18.0. The van der Waals surface area contributed by atoms with Crippen molar-refractivity contribution in [3.8, 4) is 0 Å². The number of likely N-dealkylation sites (tertiary alicyclic amines) is 1. The van der Waals surface area contributed by atoms with Crippen molar-refractivity contribution in [1.82, 2.24) is 9.88 Å². The van der Waals surface area contributed by atoms with Crippen LogP contribution in [0.1, 0.15) is 60.8 Å². The number of carbonyl (C=O) groups is 1. The fourth-order valence-electron chi connectivity index (χ4n) is 3.38. The Morgan fingerprint density at radius 1 is 1.40 bits per heavy atom. The Bertz CT molecular complexity index is 747. The first-order valence-corrected chi connectivity index (χ1v) is 9.52. The van der Waals surface area contributed by atoms with Gasteiger partial charge in [0.05, 0.1) is 10.7 Å². The Hall–Kier alpha value is -1.79. The number of nitrogens with zero attached hydrogens (tertiary/aromatic N) is 2. The predicted octanol–water partition coefficient (Wildman–Crippen LogP) is 4.41. The van der Waals surface area contributed by atoms with E-state index in [0.717, 1.165) is 23.5 Å². The first-order chi connectivity index (χ1) is 12.0. The molecule has 6 heteroatoms. The Labute approximate surface area is 151 Å². The number of hydrogen-bond donors (Lipinski definition) is 1. The second-order valence-electron chi connectivity index (χ2n) is 6.86. The molecule has 1 N–H and O–H groups in total. The number of aromatic nitrogens is 1. The van der Waals surface area contributed by atoms with Gasteiger partial charge >= 0.3 is 5.97 Å². The lowest BCUT2D eigenvalue weighted by Crippen LogP contribution is -2.41. The summed E-state index contributed by atoms with van der Waals surface area (Å²) in [6.07, 6.45) is 1.88. The highest BCUT2D eigenvalue weighted by Gasteiger charge is 2.34. The number of thiazole rings is 1. The molecular weight excluding hydrogens is 339 g/mol. The van der Waals surface area contributed by atoms with E-state index in [0.29, 0.717) is 19.0 Å². The van der Waals surface area contributed by atoms with Crippen molar-refractivity contribution in [2.75, 3.05) is 13.1 Å². The van der Waals surface area contributed by atoms with Crippen LogP contribution in [0.15, 0.2) is 29.6 Å². The standard InChI is InChI=1S/C19H23FN2O2S/c1-12(2)16-11-25-18(21-16)13-6-5-9-22(10-13)17(19(23)24)14-7-3-4-8-15(14)20/h3-4,7-8,11-13,17H,5-6,9-10H2,1-2H3,(H,23,24). The molecule has 134 valence electrons. The molecule has 0 bridgehead atoms. The lowest BCUT2D eigenvalue weighted by molar-refractivity contribution is -0.144. The van der Waals surface area contributed by atoms with Crippen LogP contribution in [0.2, 0.25) is 0 Å². The maximum Gasteiger partial charge on any atom is 0.325 e. The quantitative estimate of drug-likeness (QED) is 0.856. The van der Waals surface area contributed by atoms with Crippen molar-refractivity contribution >= 4 is 17.3 Å². The van der Waals surface area contributed by atoms with E-state index in [1.807, 2.05) is 4.90 Å². The lowest BCUT2D eigenvalue weighted by Gasteiger charge is -2.36. The van der Waals surface area contributed by atoms with Gasteiger partial charge in [-0.25, -0.2) is 9.37 Å². The molecule has 1 saturated heterocycles. The van der Waals surface area contributed by atoms with E-state index in [9.17, 15) is 14.3 Å². The second kappa shape index (κ2) is 7.62. The van der Waals surface area contributed by atoms with Crippen molar-refractivity contribution in [1.29, 1.82) is 0 Å². The van der Waals surface area contributed by atoms with E-state index in [2.05, 4.69) is 19.2 Å². The average molecular weight is 362 g/mol. The van der Waals surface area contributed by atoms with Gasteiger partial charge in [0.15, 0.2) is 0 Å². The Morgan fingerprint density at radius 3 is 2.80 bits per heavy atom. The second-order valence-corrected chi connectivity index (χ2v) is 7.75. The van der Waals surface area contributed by atoms with Crippen LogP contribution in [-0.4, -0.2) is 34.0 Å². The normalized spacial score (nSPS) is 19.9. The smallest absolute Gasteiger partial charge is 0.325 e. The van der Waals surface area contributed by atoms with Crippen molar-refractivity contribution in [2.24, 2.45) is 0 Å². The molecule has 2 heterocycles. The SMILES string of the molecule is CC(C)c1csc(C2CCCN(C(C(=O)O)c3ccccc3F)C2)n1. The number of rotatable bonds is 5. The zero-order valence-corrected chi connectivity index (χ0v) is 15.3. The minimum Gasteiger partial charge on any atom is -0.480 e. The van der Waals surface area contributed by atoms with E-state index >= 15 is 0 Å². The molecule has 1 aliphatic rings. The third-order valence-corrected chi connectivity index (χ3v) is 5.76. The summed E-state index contributed by atoms with van der Waals surface area (Å²) in [5, 5.41) is 12.9. The number of halogens is 1. The van der Waals surface area contributed by atoms with Crippen LogP contribution in [0.5, 0.6) is 0 Å². The van der Waals surface area contributed by atoms with Crippen LogP contribution in [0.3, 0.4) is 0 Å². The van der Waals surface area contributed by atoms with Gasteiger partial charge in [-0.05, 0) is 31.4 Å². The molecule has 0 aliphatic carbocycles. The molecule has 1 aliphatic heterocycles. The molecule has 0 amide bonds. The molecule has 0 radical (unpaired) electrons. The Morgan fingerprint density at radius 2 is 2.16 bits per heavy atom. The van der Waals surface area contributed by atoms with E-state index in [1.165, 1.54) is 6.07 Å². The number of benzene rings is 1. The highest BCUT2D eigenvalue weighted by atomic mass is 32.1. The molecular formula is C19H23FN2O2S. The third kappa shape index (κ3) is 3.90. The first-order valence-electron chi connectivity index (χ1n) is 8.64. The third-order valence-electron chi connectivity index (χ3n) is 4.73. The summed E-state index contributed by atoms with van der Waals surface area (Å²) >= 11 is 1.65. The Balaban J connectivity index is 1.83. The van der Waals surface area contributed by atoms with Gasteiger partial charge in [-0.1, -0.05) is 32.0 Å². The molecule has 2 unspecified atom stereocenters. The van der Waals surface area contributed by atoms with Crippen LogP contribution in [0, 0.1) is 5.82 Å². The summed E-state index contributed by atoms with van der Waals surface area (Å²) < 4.78 is 14.2. The van der Waals surface area contributed by atoms with Gasteiger partial charge < -0.3 is 5.11 Å². The molecule has 25 heavy (non-hydrogen) atoms. The van der Waals surface area contributed by atoms with E-state index in [-0.39, 0.29) is 11.5 Å². The zero-order valence-electron chi connectivity index (χ0n) is 14.5. The van der Waals surface area contributed by atoms with Gasteiger partial charge in [0, 0.05) is 23.4 Å². The summed E-state index contributed by atoms with van der Waals surface area (Å²) in [5.41, 5.74) is 1.32. The summed E-state index contributed by atoms with van der Waals surface area (Å²) in [6.45, 7) is 5.48. The number of piperidine rings is 1. The summed E-state index contributed by atoms with van der Waals surface area (Å²) in [6, 6.07) is 5.21. The van der Waals surface area contributed by atoms with Gasteiger partial charge in [-0.2, -0.15) is 0 Å². The minimum atomic E-state index is -1.01. The van der Waals surface area contributed by atoms with Crippen molar-refractivity contribution in [3.63, 3.8) is 0 Å². The van der Waals surface area contributed by atoms with Crippen LogP contribution in [0.4, 0.5) is 4.39 Å². The number of hydrogen-bond acceptors (Lipinski definition) is 4. The monoisotopic (exact) mass is 362 g/mol. The van der Waals surface area contributed by atoms with Crippen LogP contribution < -0.4 is 0 Å². The van der Waals surface area contributed by atoms with E-state index in [4.69, 9.17) is 4.98 Å². The molecule has 2 aromatic rings. The van der Waals surface area contributed by atoms with Gasteiger partial charge in [0.1, 0.15) is 11.9 Å². The largest absolute Gasteiger partial charge is 0.480 e. The molecule has 1 fully saturated rings. The number of aliphatic carboxylic acids is 1. The fourth-order valence-corrected chi connectivity index (χ4v) is 4.49. The molecule has 0 spiro atoms. The fraction of sp³-hybridized carbons (Fsp3) is 0.474. The molecule has 1 aromatic heterocycles. The van der Waals surface area contributed by atoms with E-state index < -0.39 is 17.8 Å². The van der Waals surface area contributed by atoms with Gasteiger partial charge in [-0.3, -0.25) is 9.69 Å². The lowest BCUT2D eigenvalue weighted by atomic mass is 9.95. The maximum absolute atomic E-state index is 14.2. The molecule has 0 saturated carbocycles. The summed E-state index contributed by atoms with van der Waals surface area (Å²) in [7, 11) is 0. The molecule has 4 nitrogen and oxygen atoms in total. The van der Waals surface area contributed by atoms with Crippen molar-refractivity contribution in [2.45, 2.75) is 44.6 Å². The maximum atomic E-state index is 14.2. The van der Waals surface area contributed by atoms with Gasteiger partial charge in [0.25, 0.3) is 0 Å². The molecule has 2 atom stereocenters. The first kappa shape index (κ1) is 18.0. The summed E-state index contributed by atoms with van der Waals surface area (Å²) in [4.78, 5) is 18.5.